The molecule has 0 aliphatic heterocycles. The predicted molar refractivity (Wildman–Crippen MR) is 108 cm³/mol. The molecule has 120 valence electrons. The fourth-order valence-corrected chi connectivity index (χ4v) is 3.95. The molecule has 3 N–H and O–H groups in total. The van der Waals surface area contributed by atoms with E-state index in [0.29, 0.717) is 16.6 Å². The van der Waals surface area contributed by atoms with Gasteiger partial charge in [-0.05, 0) is 83.8 Å². The number of aromatic amines is 1. The molecule has 0 saturated heterocycles. The van der Waals surface area contributed by atoms with Crippen molar-refractivity contribution in [3.05, 3.63) is 55.6 Å². The van der Waals surface area contributed by atoms with Gasteiger partial charge in [0.05, 0.1) is 10.5 Å². The van der Waals surface area contributed by atoms with Crippen LogP contribution < -0.4 is 5.73 Å². The van der Waals surface area contributed by atoms with Gasteiger partial charge in [-0.25, -0.2) is 0 Å². The number of halogens is 3. The van der Waals surface area contributed by atoms with Crippen LogP contribution in [0.5, 0.6) is 0 Å². The molecule has 1 aromatic heterocycles. The third-order valence-electron chi connectivity index (χ3n) is 3.93. The van der Waals surface area contributed by atoms with Crippen molar-refractivity contribution in [2.24, 2.45) is 5.73 Å². The van der Waals surface area contributed by atoms with Gasteiger partial charge in [0.2, 0.25) is 0 Å². The van der Waals surface area contributed by atoms with Crippen LogP contribution in [0.15, 0.2) is 36.4 Å². The topological polar surface area (TPSA) is 41.8 Å². The monoisotopic (exact) mass is 458 g/mol. The molecule has 0 fully saturated rings. The minimum absolute atomic E-state index is 0.657. The maximum Gasteiger partial charge on any atom is 0.0662 e. The number of H-pyrrole nitrogens is 1. The molecule has 0 saturated carbocycles. The second-order valence-electron chi connectivity index (χ2n) is 5.54. The number of unbranched alkanes of at least 4 members (excludes halogenated alkanes) is 1. The molecular weight excluding hydrogens is 442 g/mol. The van der Waals surface area contributed by atoms with Gasteiger partial charge < -0.3 is 10.7 Å². The minimum Gasteiger partial charge on any atom is -0.353 e. The van der Waals surface area contributed by atoms with Crippen molar-refractivity contribution in [2.75, 3.05) is 6.54 Å². The first-order valence-corrected chi connectivity index (χ1v) is 9.39. The van der Waals surface area contributed by atoms with E-state index in [9.17, 15) is 0 Å². The smallest absolute Gasteiger partial charge is 0.0662 e. The Labute approximate surface area is 159 Å². The van der Waals surface area contributed by atoms with Gasteiger partial charge in [0, 0.05) is 19.7 Å². The Morgan fingerprint density at radius 1 is 1.09 bits per heavy atom. The molecule has 0 atom stereocenters. The zero-order valence-electron chi connectivity index (χ0n) is 12.5. The molecule has 0 spiro atoms. The number of hydrogen-bond acceptors (Lipinski definition) is 1. The van der Waals surface area contributed by atoms with Crippen LogP contribution in [-0.2, 0) is 6.42 Å². The van der Waals surface area contributed by atoms with E-state index in [-0.39, 0.29) is 0 Å². The van der Waals surface area contributed by atoms with Crippen LogP contribution in [0.25, 0.3) is 22.2 Å². The molecule has 5 heteroatoms. The summed E-state index contributed by atoms with van der Waals surface area (Å²) >= 11 is 14.9. The number of nitrogens with one attached hydrogen (secondary N) is 1. The van der Waals surface area contributed by atoms with Crippen LogP contribution in [0.3, 0.4) is 0 Å². The molecule has 0 aliphatic rings. The lowest BCUT2D eigenvalue weighted by Gasteiger charge is -2.06. The predicted octanol–water partition coefficient (Wildman–Crippen LogP) is 6.03. The van der Waals surface area contributed by atoms with Gasteiger partial charge >= 0.3 is 0 Å². The lowest BCUT2D eigenvalue weighted by atomic mass is 10.0. The molecule has 3 aromatic rings. The molecule has 0 bridgehead atoms. The zero-order valence-corrected chi connectivity index (χ0v) is 16.2. The van der Waals surface area contributed by atoms with Crippen LogP contribution in [-0.4, -0.2) is 11.5 Å². The molecule has 0 unspecified atom stereocenters. The van der Waals surface area contributed by atoms with Gasteiger partial charge in [0.25, 0.3) is 0 Å². The lowest BCUT2D eigenvalue weighted by molar-refractivity contribution is 0.748. The van der Waals surface area contributed by atoms with E-state index in [4.69, 9.17) is 28.9 Å². The Bertz CT molecular complexity index is 842. The lowest BCUT2D eigenvalue weighted by Crippen LogP contribution is -1.99. The molecule has 0 aliphatic carbocycles. The van der Waals surface area contributed by atoms with Crippen LogP contribution >= 0.6 is 45.8 Å². The van der Waals surface area contributed by atoms with Crippen molar-refractivity contribution in [1.82, 2.24) is 4.98 Å². The fraction of sp³-hybridized carbons (Fsp3) is 0.222. The van der Waals surface area contributed by atoms with Gasteiger partial charge in [0.15, 0.2) is 0 Å². The van der Waals surface area contributed by atoms with Crippen molar-refractivity contribution >= 4 is 56.7 Å². The molecule has 0 radical (unpaired) electrons. The van der Waals surface area contributed by atoms with E-state index in [1.54, 1.807) is 6.07 Å². The third-order valence-corrected chi connectivity index (χ3v) is 5.11. The third kappa shape index (κ3) is 3.68. The Balaban J connectivity index is 2.19. The van der Waals surface area contributed by atoms with Crippen molar-refractivity contribution in [2.45, 2.75) is 19.3 Å². The first kappa shape index (κ1) is 17.1. The van der Waals surface area contributed by atoms with E-state index in [0.717, 1.165) is 35.9 Å². The number of nitrogens with two attached hydrogens (primary N) is 1. The number of fused-ring (bicyclic) bond motifs is 1. The fourth-order valence-electron chi connectivity index (χ4n) is 2.87. The summed E-state index contributed by atoms with van der Waals surface area (Å²) in [6, 6.07) is 12.2. The van der Waals surface area contributed by atoms with Crippen molar-refractivity contribution in [3.63, 3.8) is 0 Å². The summed E-state index contributed by atoms with van der Waals surface area (Å²) in [6.07, 6.45) is 3.01. The summed E-state index contributed by atoms with van der Waals surface area (Å²) in [5, 5.41) is 2.42. The Morgan fingerprint density at radius 2 is 1.91 bits per heavy atom. The molecule has 0 amide bonds. The summed E-state index contributed by atoms with van der Waals surface area (Å²) in [6.45, 7) is 0.711. The maximum atomic E-state index is 6.39. The first-order chi connectivity index (χ1) is 11.1. The standard InChI is InChI=1S/C18H17Cl2IN2/c19-12-9-15-14(6-1-2-7-22)17(23-18(15)16(20)10-12)11-4-3-5-13(21)8-11/h3-5,8-10,23H,1-2,6-7,22H2. The van der Waals surface area contributed by atoms with E-state index in [1.807, 2.05) is 6.07 Å². The SMILES string of the molecule is NCCCCc1c(-c2cccc(I)c2)[nH]c2c(Cl)cc(Cl)cc12. The van der Waals surface area contributed by atoms with E-state index < -0.39 is 0 Å². The second-order valence-corrected chi connectivity index (χ2v) is 7.63. The molecule has 2 aromatic carbocycles. The highest BCUT2D eigenvalue weighted by molar-refractivity contribution is 14.1. The average molecular weight is 459 g/mol. The van der Waals surface area contributed by atoms with Crippen molar-refractivity contribution < 1.29 is 0 Å². The summed E-state index contributed by atoms with van der Waals surface area (Å²) in [5.41, 5.74) is 10.2. The molecule has 3 rings (SSSR count). The largest absolute Gasteiger partial charge is 0.353 e. The number of aromatic nitrogens is 1. The summed E-state index contributed by atoms with van der Waals surface area (Å²) in [7, 11) is 0. The Kier molecular flexibility index (Phi) is 5.52. The van der Waals surface area contributed by atoms with Crippen LogP contribution in [0.1, 0.15) is 18.4 Å². The molecule has 23 heavy (non-hydrogen) atoms. The molecule has 1 heterocycles. The number of benzene rings is 2. The summed E-state index contributed by atoms with van der Waals surface area (Å²) in [5.74, 6) is 0. The van der Waals surface area contributed by atoms with Gasteiger partial charge in [-0.1, -0.05) is 35.3 Å². The quantitative estimate of drug-likeness (QED) is 0.355. The maximum absolute atomic E-state index is 6.39. The van der Waals surface area contributed by atoms with Crippen LogP contribution in [0, 0.1) is 3.57 Å². The Hall–Kier alpha value is -0.750. The summed E-state index contributed by atoms with van der Waals surface area (Å²) in [4.78, 5) is 3.50. The van der Waals surface area contributed by atoms with Gasteiger partial charge in [-0.3, -0.25) is 0 Å². The molecular formula is C18H17Cl2IN2. The van der Waals surface area contributed by atoms with E-state index in [2.05, 4.69) is 51.8 Å². The van der Waals surface area contributed by atoms with Crippen molar-refractivity contribution in [3.8, 4) is 11.3 Å². The minimum atomic E-state index is 0.657. The van der Waals surface area contributed by atoms with Crippen molar-refractivity contribution in [1.29, 1.82) is 0 Å². The van der Waals surface area contributed by atoms with Gasteiger partial charge in [-0.15, -0.1) is 0 Å². The highest BCUT2D eigenvalue weighted by Gasteiger charge is 2.16. The first-order valence-electron chi connectivity index (χ1n) is 7.55. The van der Waals surface area contributed by atoms with Crippen LogP contribution in [0.2, 0.25) is 10.0 Å². The van der Waals surface area contributed by atoms with Crippen LogP contribution in [0.4, 0.5) is 0 Å². The number of rotatable bonds is 5. The number of aryl methyl sites for hydroxylation is 1. The number of hydrogen-bond donors (Lipinski definition) is 2. The second kappa shape index (κ2) is 7.43. The van der Waals surface area contributed by atoms with E-state index in [1.165, 1.54) is 14.7 Å². The molecule has 2 nitrogen and oxygen atoms in total. The average Bonchev–Trinajstić information content (AvgIpc) is 2.87. The zero-order chi connectivity index (χ0) is 16.4. The highest BCUT2D eigenvalue weighted by atomic mass is 127. The van der Waals surface area contributed by atoms with E-state index >= 15 is 0 Å². The van der Waals surface area contributed by atoms with Gasteiger partial charge in [0.1, 0.15) is 0 Å². The van der Waals surface area contributed by atoms with Gasteiger partial charge in [-0.2, -0.15) is 0 Å². The normalized spacial score (nSPS) is 11.3. The highest BCUT2D eigenvalue weighted by Crippen LogP contribution is 2.37. The Morgan fingerprint density at radius 3 is 2.65 bits per heavy atom. The summed E-state index contributed by atoms with van der Waals surface area (Å²) < 4.78 is 1.20.